The van der Waals surface area contributed by atoms with Crippen molar-refractivity contribution in [3.05, 3.63) is 47.3 Å². The van der Waals surface area contributed by atoms with Crippen LogP contribution in [-0.2, 0) is 22.0 Å². The molecule has 0 saturated heterocycles. The molecule has 1 N–H and O–H groups in total. The molecule has 0 saturated carbocycles. The van der Waals surface area contributed by atoms with Crippen molar-refractivity contribution in [1.82, 2.24) is 15.1 Å². The minimum Gasteiger partial charge on any atom is -0.355 e. The molecule has 0 fully saturated rings. The van der Waals surface area contributed by atoms with Crippen LogP contribution < -0.4 is 5.32 Å². The van der Waals surface area contributed by atoms with E-state index in [-0.39, 0.29) is 5.91 Å². The Balaban J connectivity index is 2.05. The third-order valence-electron chi connectivity index (χ3n) is 3.75. The number of benzene rings is 1. The lowest BCUT2D eigenvalue weighted by atomic mass is 10.1. The summed E-state index contributed by atoms with van der Waals surface area (Å²) in [6, 6.07) is 9.87. The van der Waals surface area contributed by atoms with Gasteiger partial charge in [0.1, 0.15) is 0 Å². The van der Waals surface area contributed by atoms with E-state index in [1.54, 1.807) is 0 Å². The predicted octanol–water partition coefficient (Wildman–Crippen LogP) is 1.92. The molecule has 124 valence electrons. The van der Waals surface area contributed by atoms with E-state index in [1.807, 2.05) is 55.8 Å². The van der Waals surface area contributed by atoms with Gasteiger partial charge in [0, 0.05) is 40.1 Å². The summed E-state index contributed by atoms with van der Waals surface area (Å²) in [7, 11) is -0.851. The fourth-order valence-corrected chi connectivity index (χ4v) is 3.04. The van der Waals surface area contributed by atoms with Crippen molar-refractivity contribution in [1.29, 1.82) is 0 Å². The van der Waals surface area contributed by atoms with Crippen LogP contribution in [0, 0.1) is 13.8 Å². The predicted molar refractivity (Wildman–Crippen MR) is 93.3 cm³/mol. The highest BCUT2D eigenvalue weighted by atomic mass is 32.2. The van der Waals surface area contributed by atoms with Crippen LogP contribution in [0.1, 0.15) is 23.9 Å². The number of aryl methyl sites for hydroxylation is 1. The number of hydrogen-bond acceptors (Lipinski definition) is 3. The highest BCUT2D eigenvalue weighted by Gasteiger charge is 2.15. The van der Waals surface area contributed by atoms with Crippen LogP contribution in [-0.4, -0.2) is 37.9 Å². The van der Waals surface area contributed by atoms with Gasteiger partial charge in [0.05, 0.1) is 17.8 Å². The van der Waals surface area contributed by atoms with E-state index in [2.05, 4.69) is 10.4 Å². The smallest absolute Gasteiger partial charge is 0.224 e. The first-order valence-electron chi connectivity index (χ1n) is 7.75. The molecule has 6 heteroatoms. The number of amides is 1. The van der Waals surface area contributed by atoms with Gasteiger partial charge in [-0.1, -0.05) is 25.1 Å². The second-order valence-corrected chi connectivity index (χ2v) is 7.22. The van der Waals surface area contributed by atoms with Crippen LogP contribution in [0.25, 0.3) is 5.69 Å². The zero-order valence-electron chi connectivity index (χ0n) is 13.8. The van der Waals surface area contributed by atoms with Gasteiger partial charge in [-0.25, -0.2) is 4.68 Å². The highest BCUT2D eigenvalue weighted by molar-refractivity contribution is 7.84. The molecule has 1 aromatic heterocycles. The molecule has 1 amide bonds. The molecule has 0 aliphatic rings. The molecule has 23 heavy (non-hydrogen) atoms. The monoisotopic (exact) mass is 333 g/mol. The fraction of sp³-hybridized carbons (Fsp3) is 0.412. The molecule has 5 nitrogen and oxygen atoms in total. The Bertz CT molecular complexity index is 695. The fourth-order valence-electron chi connectivity index (χ4n) is 2.42. The Morgan fingerprint density at radius 3 is 2.61 bits per heavy atom. The maximum absolute atomic E-state index is 12.1. The average Bonchev–Trinajstić information content (AvgIpc) is 2.83. The maximum atomic E-state index is 12.1. The van der Waals surface area contributed by atoms with Crippen molar-refractivity contribution < 1.29 is 9.00 Å². The van der Waals surface area contributed by atoms with E-state index in [9.17, 15) is 9.00 Å². The Kier molecular flexibility index (Phi) is 6.10. The van der Waals surface area contributed by atoms with Gasteiger partial charge in [0.25, 0.3) is 0 Å². The van der Waals surface area contributed by atoms with Gasteiger partial charge >= 0.3 is 0 Å². The third kappa shape index (κ3) is 4.51. The summed E-state index contributed by atoms with van der Waals surface area (Å²) in [4.78, 5) is 12.1. The van der Waals surface area contributed by atoms with Gasteiger partial charge in [-0.2, -0.15) is 5.10 Å². The molecule has 0 spiro atoms. The summed E-state index contributed by atoms with van der Waals surface area (Å²) in [5.74, 6) is 1.07. The van der Waals surface area contributed by atoms with Gasteiger partial charge in [-0.05, 0) is 26.0 Å². The summed E-state index contributed by atoms with van der Waals surface area (Å²) in [6.45, 7) is 6.22. The van der Waals surface area contributed by atoms with Crippen molar-refractivity contribution in [3.8, 4) is 5.69 Å². The molecular formula is C17H23N3O2S. The number of aromatic nitrogens is 2. The Hall–Kier alpha value is -1.95. The second kappa shape index (κ2) is 8.06. The minimum absolute atomic E-state index is 0.0584. The van der Waals surface area contributed by atoms with E-state index in [4.69, 9.17) is 0 Å². The number of carbonyl (C=O) groups is 1. The van der Waals surface area contributed by atoms with Crippen molar-refractivity contribution >= 4 is 16.7 Å². The lowest BCUT2D eigenvalue weighted by Crippen LogP contribution is -2.29. The number of nitrogens with one attached hydrogen (secondary N) is 1. The summed E-state index contributed by atoms with van der Waals surface area (Å²) in [6.07, 6.45) is 0.295. The van der Waals surface area contributed by atoms with Gasteiger partial charge in [0.2, 0.25) is 5.91 Å². The van der Waals surface area contributed by atoms with Crippen LogP contribution in [0.5, 0.6) is 0 Å². The third-order valence-corrected chi connectivity index (χ3v) is 5.06. The Morgan fingerprint density at radius 1 is 1.26 bits per heavy atom. The second-order valence-electron chi connectivity index (χ2n) is 5.36. The van der Waals surface area contributed by atoms with Crippen LogP contribution >= 0.6 is 0 Å². The number of rotatable bonds is 7. The average molecular weight is 333 g/mol. The van der Waals surface area contributed by atoms with E-state index in [1.165, 1.54) is 0 Å². The molecule has 1 atom stereocenters. The molecule has 0 radical (unpaired) electrons. The number of carbonyl (C=O) groups excluding carboxylic acids is 1. The number of para-hydroxylation sites is 1. The summed E-state index contributed by atoms with van der Waals surface area (Å²) >= 11 is 0. The van der Waals surface area contributed by atoms with Gasteiger partial charge < -0.3 is 5.32 Å². The van der Waals surface area contributed by atoms with E-state index < -0.39 is 10.8 Å². The maximum Gasteiger partial charge on any atom is 0.224 e. The lowest BCUT2D eigenvalue weighted by molar-refractivity contribution is -0.120. The first-order valence-corrected chi connectivity index (χ1v) is 9.24. The van der Waals surface area contributed by atoms with E-state index in [0.29, 0.717) is 24.5 Å². The molecule has 0 unspecified atom stereocenters. The normalized spacial score (nSPS) is 12.1. The van der Waals surface area contributed by atoms with E-state index >= 15 is 0 Å². The van der Waals surface area contributed by atoms with Gasteiger partial charge in [-0.3, -0.25) is 9.00 Å². The van der Waals surface area contributed by atoms with Crippen molar-refractivity contribution in [3.63, 3.8) is 0 Å². The zero-order valence-corrected chi connectivity index (χ0v) is 14.7. The molecule has 2 aromatic rings. The van der Waals surface area contributed by atoms with Crippen molar-refractivity contribution in [2.45, 2.75) is 27.2 Å². The minimum atomic E-state index is -0.851. The van der Waals surface area contributed by atoms with E-state index in [0.717, 1.165) is 22.6 Å². The molecule has 0 bridgehead atoms. The van der Waals surface area contributed by atoms with Crippen LogP contribution in [0.2, 0.25) is 0 Å². The molecule has 2 rings (SSSR count). The molecule has 0 aliphatic carbocycles. The Morgan fingerprint density at radius 2 is 1.96 bits per heavy atom. The first kappa shape index (κ1) is 17.4. The number of nitrogens with zero attached hydrogens (tertiary/aromatic N) is 2. The standard InChI is InChI=1S/C17H23N3O2S/c1-4-23(22)11-10-18-17(21)12-16-13(2)19-20(14(16)3)15-8-6-5-7-9-15/h5-9H,4,10-12H2,1-3H3,(H,18,21)/t23-/m0/s1. The SMILES string of the molecule is CC[S@](=O)CCNC(=O)Cc1c(C)nn(-c2ccccc2)c1C. The van der Waals surface area contributed by atoms with Gasteiger partial charge in [0.15, 0.2) is 0 Å². The lowest BCUT2D eigenvalue weighted by Gasteiger charge is -2.06. The molecular weight excluding hydrogens is 310 g/mol. The summed E-state index contributed by atoms with van der Waals surface area (Å²) in [5, 5.41) is 7.37. The molecule has 1 aromatic carbocycles. The Labute approximate surface area is 139 Å². The van der Waals surface area contributed by atoms with Crippen molar-refractivity contribution in [2.24, 2.45) is 0 Å². The summed E-state index contributed by atoms with van der Waals surface area (Å²) < 4.78 is 13.2. The zero-order chi connectivity index (χ0) is 16.8. The van der Waals surface area contributed by atoms with Crippen molar-refractivity contribution in [2.75, 3.05) is 18.1 Å². The number of hydrogen-bond donors (Lipinski definition) is 1. The summed E-state index contributed by atoms with van der Waals surface area (Å²) in [5.41, 5.74) is 3.76. The van der Waals surface area contributed by atoms with Crippen LogP contribution in [0.3, 0.4) is 0 Å². The topological polar surface area (TPSA) is 64.0 Å². The van der Waals surface area contributed by atoms with Crippen LogP contribution in [0.4, 0.5) is 0 Å². The molecule has 0 aliphatic heterocycles. The highest BCUT2D eigenvalue weighted by Crippen LogP contribution is 2.18. The van der Waals surface area contributed by atoms with Crippen LogP contribution in [0.15, 0.2) is 30.3 Å². The quantitative estimate of drug-likeness (QED) is 0.842. The first-order chi connectivity index (χ1) is 11.0. The molecule has 1 heterocycles. The van der Waals surface area contributed by atoms with Gasteiger partial charge in [-0.15, -0.1) is 0 Å². The largest absolute Gasteiger partial charge is 0.355 e.